The van der Waals surface area contributed by atoms with Gasteiger partial charge in [0.15, 0.2) is 0 Å². The average Bonchev–Trinajstić information content (AvgIpc) is 3.57. The molecule has 43 heavy (non-hydrogen) atoms. The van der Waals surface area contributed by atoms with E-state index in [4.69, 9.17) is 8.94 Å². The van der Waals surface area contributed by atoms with Crippen molar-refractivity contribution in [3.05, 3.63) is 99.9 Å². The van der Waals surface area contributed by atoms with Crippen LogP contribution in [0, 0.1) is 32.6 Å². The first-order valence-electron chi connectivity index (χ1n) is 14.2. The van der Waals surface area contributed by atoms with Crippen LogP contribution in [0.4, 0.5) is 11.6 Å². The van der Waals surface area contributed by atoms with Crippen LogP contribution in [0.15, 0.2) is 80.9 Å². The quantitative estimate of drug-likeness (QED) is 0.259. The van der Waals surface area contributed by atoms with Gasteiger partial charge in [0.25, 0.3) is 10.0 Å². The van der Waals surface area contributed by atoms with Gasteiger partial charge in [0.05, 0.1) is 11.9 Å². The second-order valence-corrected chi connectivity index (χ2v) is 12.4. The highest BCUT2D eigenvalue weighted by atomic mass is 32.2. The highest BCUT2D eigenvalue weighted by Gasteiger charge is 2.27. The molecule has 1 saturated heterocycles. The van der Waals surface area contributed by atoms with Crippen molar-refractivity contribution in [2.24, 2.45) is 0 Å². The summed E-state index contributed by atoms with van der Waals surface area (Å²) in [4.78, 5) is 9.14. The second kappa shape index (κ2) is 12.0. The van der Waals surface area contributed by atoms with Crippen molar-refractivity contribution >= 4 is 27.2 Å². The second-order valence-electron chi connectivity index (χ2n) is 10.7. The number of nitrogens with zero attached hydrogens (tertiary/aromatic N) is 4. The molecule has 1 aliphatic heterocycles. The minimum absolute atomic E-state index is 0.0100. The van der Waals surface area contributed by atoms with Crippen molar-refractivity contribution in [2.45, 2.75) is 33.7 Å². The summed E-state index contributed by atoms with van der Waals surface area (Å²) in [7, 11) is -4.09. The zero-order chi connectivity index (χ0) is 30.0. The Kier molecular flexibility index (Phi) is 7.93. The summed E-state index contributed by atoms with van der Waals surface area (Å²) in [5, 5.41) is 3.89. The van der Waals surface area contributed by atoms with Gasteiger partial charge in [-0.1, -0.05) is 53.4 Å². The van der Waals surface area contributed by atoms with Gasteiger partial charge >= 0.3 is 0 Å². The van der Waals surface area contributed by atoms with Gasteiger partial charge in [-0.25, -0.2) is 18.1 Å². The van der Waals surface area contributed by atoms with E-state index in [2.05, 4.69) is 67.7 Å². The molecule has 2 aromatic heterocycles. The SMILES string of the molecule is Cc1ccccc1N1CCN(Cc2cc(-c3ncco3)ccc2C2=C(S(=O)(=O)Nc3onc(C)c3C)C#CCC=C2)CC1. The van der Waals surface area contributed by atoms with Crippen molar-refractivity contribution in [2.75, 3.05) is 35.8 Å². The summed E-state index contributed by atoms with van der Waals surface area (Å²) in [5.41, 5.74) is 6.87. The normalized spacial score (nSPS) is 15.7. The zero-order valence-electron chi connectivity index (χ0n) is 24.4. The van der Waals surface area contributed by atoms with Crippen molar-refractivity contribution in [1.29, 1.82) is 0 Å². The molecule has 6 rings (SSSR count). The van der Waals surface area contributed by atoms with Crippen molar-refractivity contribution in [3.63, 3.8) is 0 Å². The standard InChI is InChI=1S/C33H33N5O4S/c1-23-9-7-8-11-30(23)38-18-16-37(17-19-38)22-27-21-26(33-34-15-20-41-33)13-14-28(27)29-10-5-4-6-12-31(29)43(39,40)36-32-24(2)25(3)35-42-32/h5,7-11,13-15,20-21,36H,4,16-19,22H2,1-3H3. The number of anilines is 2. The number of sulfonamides is 1. The fourth-order valence-corrected chi connectivity index (χ4v) is 6.62. The van der Waals surface area contributed by atoms with E-state index in [0.29, 0.717) is 35.7 Å². The summed E-state index contributed by atoms with van der Waals surface area (Å²) in [6, 6.07) is 14.3. The number of allylic oxidation sites excluding steroid dienone is 4. The van der Waals surface area contributed by atoms with Gasteiger partial charge in [0.1, 0.15) is 11.2 Å². The Labute approximate surface area is 251 Å². The lowest BCUT2D eigenvalue weighted by atomic mass is 9.96. The number of benzene rings is 2. The van der Waals surface area contributed by atoms with Gasteiger partial charge in [-0.15, -0.1) is 0 Å². The fourth-order valence-electron chi connectivity index (χ4n) is 5.41. The molecule has 9 nitrogen and oxygen atoms in total. The number of nitrogens with one attached hydrogen (secondary N) is 1. The molecule has 0 bridgehead atoms. The predicted octanol–water partition coefficient (Wildman–Crippen LogP) is 5.69. The molecule has 220 valence electrons. The largest absolute Gasteiger partial charge is 0.445 e. The van der Waals surface area contributed by atoms with E-state index < -0.39 is 10.0 Å². The number of oxazole rings is 1. The summed E-state index contributed by atoms with van der Waals surface area (Å²) in [6.07, 6.45) is 7.32. The Morgan fingerprint density at radius 2 is 1.86 bits per heavy atom. The Hall–Kier alpha value is -4.59. The lowest BCUT2D eigenvalue weighted by Gasteiger charge is -2.37. The van der Waals surface area contributed by atoms with Gasteiger partial charge < -0.3 is 13.8 Å². The molecule has 1 aliphatic carbocycles. The van der Waals surface area contributed by atoms with Crippen LogP contribution in [-0.2, 0) is 16.6 Å². The zero-order valence-corrected chi connectivity index (χ0v) is 25.2. The summed E-state index contributed by atoms with van der Waals surface area (Å²) < 4.78 is 41.0. The first-order chi connectivity index (χ1) is 20.8. The molecule has 0 spiro atoms. The molecule has 2 aliphatic rings. The highest BCUT2D eigenvalue weighted by Crippen LogP contribution is 2.33. The van der Waals surface area contributed by atoms with Crippen molar-refractivity contribution in [1.82, 2.24) is 15.0 Å². The topological polar surface area (TPSA) is 105 Å². The number of piperazine rings is 1. The monoisotopic (exact) mass is 595 g/mol. The van der Waals surface area contributed by atoms with Crippen LogP contribution < -0.4 is 9.62 Å². The maximum absolute atomic E-state index is 13.8. The molecule has 0 saturated carbocycles. The molecule has 0 unspecified atom stereocenters. The van der Waals surface area contributed by atoms with Gasteiger partial charge in [-0.3, -0.25) is 4.90 Å². The van der Waals surface area contributed by atoms with Gasteiger partial charge in [0, 0.05) is 61.5 Å². The van der Waals surface area contributed by atoms with E-state index in [1.807, 2.05) is 30.4 Å². The number of aryl methyl sites for hydroxylation is 2. The Morgan fingerprint density at radius 3 is 2.58 bits per heavy atom. The molecule has 0 amide bonds. The van der Waals surface area contributed by atoms with E-state index in [1.165, 1.54) is 11.3 Å². The lowest BCUT2D eigenvalue weighted by Crippen LogP contribution is -2.46. The van der Waals surface area contributed by atoms with E-state index in [1.54, 1.807) is 26.3 Å². The van der Waals surface area contributed by atoms with Crippen LogP contribution in [0.5, 0.6) is 0 Å². The third-order valence-corrected chi connectivity index (χ3v) is 9.21. The van der Waals surface area contributed by atoms with E-state index in [-0.39, 0.29) is 10.8 Å². The molecule has 10 heteroatoms. The first-order valence-corrected chi connectivity index (χ1v) is 15.7. The fraction of sp³-hybridized carbons (Fsp3) is 0.273. The molecule has 1 N–H and O–H groups in total. The van der Waals surface area contributed by atoms with Crippen LogP contribution in [0.1, 0.15) is 34.4 Å². The molecule has 4 aromatic rings. The minimum atomic E-state index is -4.09. The number of hydrogen-bond donors (Lipinski definition) is 1. The number of hydrogen-bond acceptors (Lipinski definition) is 8. The summed E-state index contributed by atoms with van der Waals surface area (Å²) in [5.74, 6) is 6.49. The van der Waals surface area contributed by atoms with Crippen LogP contribution in [-0.4, -0.2) is 49.6 Å². The van der Waals surface area contributed by atoms with Crippen LogP contribution in [0.2, 0.25) is 0 Å². The molecule has 1 fully saturated rings. The van der Waals surface area contributed by atoms with E-state index in [9.17, 15) is 8.42 Å². The number of para-hydroxylation sites is 1. The molecule has 0 atom stereocenters. The summed E-state index contributed by atoms with van der Waals surface area (Å²) >= 11 is 0. The summed E-state index contributed by atoms with van der Waals surface area (Å²) in [6.45, 7) is 9.81. The van der Waals surface area contributed by atoms with Crippen LogP contribution >= 0.6 is 0 Å². The highest BCUT2D eigenvalue weighted by molar-refractivity contribution is 7.97. The predicted molar refractivity (Wildman–Crippen MR) is 168 cm³/mol. The molecule has 0 radical (unpaired) electrons. The third-order valence-electron chi connectivity index (χ3n) is 7.90. The van der Waals surface area contributed by atoms with Gasteiger partial charge in [-0.2, -0.15) is 0 Å². The van der Waals surface area contributed by atoms with Crippen LogP contribution in [0.25, 0.3) is 17.0 Å². The maximum Gasteiger partial charge on any atom is 0.272 e. The third kappa shape index (κ3) is 6.00. The number of aromatic nitrogens is 2. The minimum Gasteiger partial charge on any atom is -0.445 e. The first kappa shape index (κ1) is 28.5. The van der Waals surface area contributed by atoms with Gasteiger partial charge in [0.2, 0.25) is 11.8 Å². The van der Waals surface area contributed by atoms with Crippen LogP contribution in [0.3, 0.4) is 0 Å². The number of rotatable bonds is 8. The smallest absolute Gasteiger partial charge is 0.272 e. The average molecular weight is 596 g/mol. The molecular formula is C33H33N5O4S. The Morgan fingerprint density at radius 1 is 1.05 bits per heavy atom. The Balaban J connectivity index is 1.36. The van der Waals surface area contributed by atoms with E-state index in [0.717, 1.165) is 42.9 Å². The molecular weight excluding hydrogens is 562 g/mol. The molecule has 2 aromatic carbocycles. The van der Waals surface area contributed by atoms with Crippen molar-refractivity contribution < 1.29 is 17.4 Å². The molecule has 3 heterocycles. The maximum atomic E-state index is 13.8. The lowest BCUT2D eigenvalue weighted by molar-refractivity contribution is 0.249. The van der Waals surface area contributed by atoms with E-state index >= 15 is 0 Å². The Bertz CT molecular complexity index is 1870. The van der Waals surface area contributed by atoms with Gasteiger partial charge in [-0.05, 0) is 55.7 Å². The van der Waals surface area contributed by atoms with Crippen molar-refractivity contribution in [3.8, 4) is 23.3 Å².